The molecule has 0 atom stereocenters. The van der Waals surface area contributed by atoms with Gasteiger partial charge >= 0.3 is 0 Å². The van der Waals surface area contributed by atoms with Crippen molar-refractivity contribution in [2.45, 2.75) is 18.5 Å². The van der Waals surface area contributed by atoms with Gasteiger partial charge in [-0.25, -0.2) is 4.39 Å². The van der Waals surface area contributed by atoms with Crippen molar-refractivity contribution in [3.8, 4) is 0 Å². The summed E-state index contributed by atoms with van der Waals surface area (Å²) < 4.78 is 13.9. The second-order valence-electron chi connectivity index (χ2n) is 6.11. The molecule has 9 heteroatoms. The summed E-state index contributed by atoms with van der Waals surface area (Å²) in [6.07, 6.45) is 0.183. The molecule has 0 bridgehead atoms. The third-order valence-electron chi connectivity index (χ3n) is 3.85. The maximum atomic E-state index is 13.0. The van der Waals surface area contributed by atoms with Crippen LogP contribution in [0.25, 0.3) is 0 Å². The predicted molar refractivity (Wildman–Crippen MR) is 106 cm³/mol. The molecule has 0 fully saturated rings. The first kappa shape index (κ1) is 19.6. The maximum absolute atomic E-state index is 13.0. The number of carbonyl (C=O) groups is 1. The molecule has 1 heterocycles. The molecule has 0 unspecified atom stereocenters. The van der Waals surface area contributed by atoms with Crippen molar-refractivity contribution < 1.29 is 9.18 Å². The zero-order valence-electron chi connectivity index (χ0n) is 15.1. The van der Waals surface area contributed by atoms with Crippen LogP contribution in [0.3, 0.4) is 0 Å². The van der Waals surface area contributed by atoms with Gasteiger partial charge in [-0.05, 0) is 42.3 Å². The number of carbonyl (C=O) groups excluding carboxylic acids is 1. The van der Waals surface area contributed by atoms with E-state index < -0.39 is 5.56 Å². The Kier molecular flexibility index (Phi) is 6.05. The summed E-state index contributed by atoms with van der Waals surface area (Å²) >= 11 is 1.01. The van der Waals surface area contributed by atoms with Crippen molar-refractivity contribution in [3.63, 3.8) is 0 Å². The van der Waals surface area contributed by atoms with Gasteiger partial charge in [-0.1, -0.05) is 36.0 Å². The molecule has 0 spiro atoms. The third kappa shape index (κ3) is 4.95. The normalized spacial score (nSPS) is 10.6. The van der Waals surface area contributed by atoms with Crippen LogP contribution in [-0.4, -0.2) is 26.5 Å². The molecular formula is C19H18FN5O2S. The lowest BCUT2D eigenvalue weighted by molar-refractivity contribution is -0.113. The first-order chi connectivity index (χ1) is 13.4. The molecule has 0 aliphatic carbocycles. The fraction of sp³-hybridized carbons (Fsp3) is 0.158. The van der Waals surface area contributed by atoms with Crippen molar-refractivity contribution in [1.29, 1.82) is 0 Å². The Hall–Kier alpha value is -3.20. The Morgan fingerprint density at radius 3 is 2.68 bits per heavy atom. The van der Waals surface area contributed by atoms with Crippen LogP contribution in [0.2, 0.25) is 0 Å². The van der Waals surface area contributed by atoms with Crippen LogP contribution in [0.1, 0.15) is 16.8 Å². The Balaban J connectivity index is 1.64. The number of aryl methyl sites for hydroxylation is 1. The quantitative estimate of drug-likeness (QED) is 0.486. The van der Waals surface area contributed by atoms with Gasteiger partial charge in [0.15, 0.2) is 0 Å². The molecule has 0 saturated carbocycles. The molecule has 1 amide bonds. The lowest BCUT2D eigenvalue weighted by Crippen LogP contribution is -2.34. The number of amides is 1. The van der Waals surface area contributed by atoms with Gasteiger partial charge in [-0.2, -0.15) is 4.68 Å². The molecule has 0 saturated heterocycles. The fourth-order valence-electron chi connectivity index (χ4n) is 2.47. The lowest BCUT2D eigenvalue weighted by atomic mass is 10.1. The van der Waals surface area contributed by atoms with Crippen LogP contribution >= 0.6 is 11.8 Å². The topological polar surface area (TPSA) is 103 Å². The SMILES string of the molecule is Cc1cccc(NC(=O)CSc2nnc(Cc3ccc(F)cc3)c(=O)n2N)c1. The Labute approximate surface area is 164 Å². The molecule has 2 aromatic carbocycles. The zero-order chi connectivity index (χ0) is 20.1. The lowest BCUT2D eigenvalue weighted by Gasteiger charge is -2.08. The number of hydrogen-bond donors (Lipinski definition) is 2. The van der Waals surface area contributed by atoms with Gasteiger partial charge < -0.3 is 11.2 Å². The van der Waals surface area contributed by atoms with Crippen molar-refractivity contribution >= 4 is 23.4 Å². The summed E-state index contributed by atoms with van der Waals surface area (Å²) in [6, 6.07) is 13.2. The standard InChI is InChI=1S/C19H18FN5O2S/c1-12-3-2-4-15(9-12)22-17(26)11-28-19-24-23-16(18(27)25(19)21)10-13-5-7-14(20)8-6-13/h2-9H,10-11,21H2,1H3,(H,22,26). The highest BCUT2D eigenvalue weighted by molar-refractivity contribution is 7.99. The Morgan fingerprint density at radius 1 is 1.21 bits per heavy atom. The van der Waals surface area contributed by atoms with Crippen LogP contribution < -0.4 is 16.7 Å². The van der Waals surface area contributed by atoms with Crippen LogP contribution in [0.5, 0.6) is 0 Å². The highest BCUT2D eigenvalue weighted by Gasteiger charge is 2.13. The predicted octanol–water partition coefficient (Wildman–Crippen LogP) is 2.12. The van der Waals surface area contributed by atoms with Crippen LogP contribution in [0.4, 0.5) is 10.1 Å². The van der Waals surface area contributed by atoms with E-state index in [1.807, 2.05) is 25.1 Å². The van der Waals surface area contributed by atoms with E-state index in [4.69, 9.17) is 5.84 Å². The van der Waals surface area contributed by atoms with E-state index in [9.17, 15) is 14.0 Å². The van der Waals surface area contributed by atoms with Gasteiger partial charge in [0.1, 0.15) is 11.5 Å². The van der Waals surface area contributed by atoms with Crippen molar-refractivity contribution in [3.05, 3.63) is 81.5 Å². The highest BCUT2D eigenvalue weighted by atomic mass is 32.2. The molecule has 1 aromatic heterocycles. The van der Waals surface area contributed by atoms with E-state index in [1.165, 1.54) is 12.1 Å². The molecular weight excluding hydrogens is 381 g/mol. The van der Waals surface area contributed by atoms with Gasteiger partial charge in [-0.3, -0.25) is 9.59 Å². The largest absolute Gasteiger partial charge is 0.334 e. The number of nitrogen functional groups attached to an aromatic ring is 1. The van der Waals surface area contributed by atoms with Crippen LogP contribution in [0.15, 0.2) is 58.5 Å². The van der Waals surface area contributed by atoms with Crippen molar-refractivity contribution in [2.24, 2.45) is 0 Å². The Bertz CT molecular complexity index is 1050. The Morgan fingerprint density at radius 2 is 1.96 bits per heavy atom. The number of anilines is 1. The first-order valence-corrected chi connectivity index (χ1v) is 9.38. The molecule has 7 nitrogen and oxygen atoms in total. The van der Waals surface area contributed by atoms with Crippen LogP contribution in [-0.2, 0) is 11.2 Å². The molecule has 0 aliphatic heterocycles. The fourth-order valence-corrected chi connectivity index (χ4v) is 3.13. The number of nitrogens with one attached hydrogen (secondary N) is 1. The molecule has 0 aliphatic rings. The summed E-state index contributed by atoms with van der Waals surface area (Å²) in [5.41, 5.74) is 2.06. The summed E-state index contributed by atoms with van der Waals surface area (Å²) in [7, 11) is 0. The summed E-state index contributed by atoms with van der Waals surface area (Å²) in [6.45, 7) is 1.93. The summed E-state index contributed by atoms with van der Waals surface area (Å²) in [4.78, 5) is 24.5. The minimum Gasteiger partial charge on any atom is -0.334 e. The molecule has 28 heavy (non-hydrogen) atoms. The van der Waals surface area contributed by atoms with E-state index in [-0.39, 0.29) is 34.7 Å². The van der Waals surface area contributed by atoms with Gasteiger partial charge in [0.05, 0.1) is 5.75 Å². The van der Waals surface area contributed by atoms with Crippen molar-refractivity contribution in [2.75, 3.05) is 16.9 Å². The van der Waals surface area contributed by atoms with E-state index in [0.29, 0.717) is 11.3 Å². The van der Waals surface area contributed by atoms with E-state index in [2.05, 4.69) is 15.5 Å². The minimum absolute atomic E-state index is 0.0244. The number of rotatable bonds is 6. The molecule has 3 N–H and O–H groups in total. The number of benzene rings is 2. The van der Waals surface area contributed by atoms with Gasteiger partial charge in [0.25, 0.3) is 5.56 Å². The van der Waals surface area contributed by atoms with Crippen LogP contribution in [0, 0.1) is 12.7 Å². The number of aromatic nitrogens is 3. The second kappa shape index (κ2) is 8.66. The smallest absolute Gasteiger partial charge is 0.294 e. The maximum Gasteiger partial charge on any atom is 0.294 e. The monoisotopic (exact) mass is 399 g/mol. The average Bonchev–Trinajstić information content (AvgIpc) is 2.66. The van der Waals surface area contributed by atoms with Gasteiger partial charge in [-0.15, -0.1) is 10.2 Å². The summed E-state index contributed by atoms with van der Waals surface area (Å²) in [5, 5.41) is 10.8. The number of hydrogen-bond acceptors (Lipinski definition) is 6. The van der Waals surface area contributed by atoms with Gasteiger partial charge in [0, 0.05) is 12.1 Å². The van der Waals surface area contributed by atoms with Crippen molar-refractivity contribution in [1.82, 2.24) is 14.9 Å². The molecule has 3 rings (SSSR count). The van der Waals surface area contributed by atoms with E-state index in [0.717, 1.165) is 22.0 Å². The second-order valence-corrected chi connectivity index (χ2v) is 7.06. The minimum atomic E-state index is -0.513. The van der Waals surface area contributed by atoms with E-state index in [1.54, 1.807) is 18.2 Å². The number of halogens is 1. The average molecular weight is 399 g/mol. The third-order valence-corrected chi connectivity index (χ3v) is 4.79. The number of nitrogens with zero attached hydrogens (tertiary/aromatic N) is 3. The number of nitrogens with two attached hydrogens (primary N) is 1. The number of thioether (sulfide) groups is 1. The van der Waals surface area contributed by atoms with E-state index >= 15 is 0 Å². The first-order valence-electron chi connectivity index (χ1n) is 8.40. The van der Waals surface area contributed by atoms with Gasteiger partial charge in [0.2, 0.25) is 11.1 Å². The molecule has 0 radical (unpaired) electrons. The highest BCUT2D eigenvalue weighted by Crippen LogP contribution is 2.14. The molecule has 144 valence electrons. The molecule has 3 aromatic rings. The summed E-state index contributed by atoms with van der Waals surface area (Å²) in [5.74, 6) is 5.22. The zero-order valence-corrected chi connectivity index (χ0v) is 15.9.